The highest BCUT2D eigenvalue weighted by molar-refractivity contribution is 5.81. The normalized spacial score (nSPS) is 19.7. The van der Waals surface area contributed by atoms with Gasteiger partial charge in [0.25, 0.3) is 0 Å². The fourth-order valence-electron chi connectivity index (χ4n) is 0.677. The summed E-state index contributed by atoms with van der Waals surface area (Å²) in [6, 6.07) is 0. The largest absolute Gasteiger partial charge is 0.432 e. The summed E-state index contributed by atoms with van der Waals surface area (Å²) in [6.45, 7) is 5.41. The maximum atomic E-state index is 10.5. The van der Waals surface area contributed by atoms with Gasteiger partial charge in [-0.25, -0.2) is 4.79 Å². The summed E-state index contributed by atoms with van der Waals surface area (Å²) in [4.78, 5) is 10.5. The lowest BCUT2D eigenvalue weighted by Crippen LogP contribution is -1.93. The Labute approximate surface area is 66.5 Å². The van der Waals surface area contributed by atoms with Gasteiger partial charge >= 0.3 is 5.97 Å². The number of esters is 1. The summed E-state index contributed by atoms with van der Waals surface area (Å²) < 4.78 is 4.67. The lowest BCUT2D eigenvalue weighted by Gasteiger charge is -1.96. The van der Waals surface area contributed by atoms with Gasteiger partial charge in [-0.1, -0.05) is 13.5 Å². The Morgan fingerprint density at radius 3 is 2.73 bits per heavy atom. The summed E-state index contributed by atoms with van der Waals surface area (Å²) >= 11 is 0. The van der Waals surface area contributed by atoms with Crippen LogP contribution in [0.3, 0.4) is 0 Å². The second kappa shape index (κ2) is 2.91. The molecule has 11 heavy (non-hydrogen) atoms. The van der Waals surface area contributed by atoms with E-state index in [2.05, 4.69) is 18.2 Å². The van der Waals surface area contributed by atoms with E-state index >= 15 is 0 Å². The van der Waals surface area contributed by atoms with E-state index in [4.69, 9.17) is 0 Å². The van der Waals surface area contributed by atoms with Crippen molar-refractivity contribution in [2.75, 3.05) is 0 Å². The van der Waals surface area contributed by atoms with Gasteiger partial charge < -0.3 is 4.74 Å². The summed E-state index contributed by atoms with van der Waals surface area (Å²) in [7, 11) is 0. The lowest BCUT2D eigenvalue weighted by atomic mass is 10.1. The molecule has 0 N–H and O–H groups in total. The monoisotopic (exact) mass is 152 g/mol. The van der Waals surface area contributed by atoms with Gasteiger partial charge in [0.1, 0.15) is 0 Å². The summed E-state index contributed by atoms with van der Waals surface area (Å²) in [5.41, 5.74) is 0.293. The molecular weight excluding hydrogens is 140 g/mol. The Hall–Kier alpha value is -1.05. The molecule has 0 aliphatic heterocycles. The van der Waals surface area contributed by atoms with E-state index in [1.54, 1.807) is 0 Å². The van der Waals surface area contributed by atoms with Crippen LogP contribution in [0.25, 0.3) is 0 Å². The van der Waals surface area contributed by atoms with Crippen LogP contribution in [-0.2, 0) is 9.53 Å². The van der Waals surface area contributed by atoms with Gasteiger partial charge in [-0.3, -0.25) is 0 Å². The molecular formula is C9H12O2. The highest BCUT2D eigenvalue weighted by atomic mass is 16.5. The molecule has 0 spiro atoms. The number of hydrogen-bond acceptors (Lipinski definition) is 2. The van der Waals surface area contributed by atoms with Crippen molar-refractivity contribution < 1.29 is 9.53 Å². The Bertz CT molecular complexity index is 200. The molecule has 1 saturated carbocycles. The van der Waals surface area contributed by atoms with Crippen molar-refractivity contribution in [3.63, 3.8) is 0 Å². The molecule has 0 unspecified atom stereocenters. The Balaban J connectivity index is 2.25. The summed E-state index contributed by atoms with van der Waals surface area (Å²) in [6.07, 6.45) is 6.91. The predicted octanol–water partition coefficient (Wildman–Crippen LogP) is 2.03. The third kappa shape index (κ3) is 2.58. The minimum absolute atomic E-state index is 0.293. The van der Waals surface area contributed by atoms with Crippen LogP contribution in [0.1, 0.15) is 19.8 Å². The third-order valence-electron chi connectivity index (χ3n) is 1.86. The molecule has 0 saturated heterocycles. The number of rotatable bonds is 3. The zero-order chi connectivity index (χ0) is 8.32. The standard InChI is InChI=1S/C9H12O2/c1-3-8(10)11-7-6-9(2)4-5-9/h3,6-7H,1,4-5H2,2H3. The van der Waals surface area contributed by atoms with Crippen LogP contribution in [-0.4, -0.2) is 5.97 Å². The van der Waals surface area contributed by atoms with Crippen LogP contribution in [0.2, 0.25) is 0 Å². The van der Waals surface area contributed by atoms with Crippen molar-refractivity contribution >= 4 is 5.97 Å². The smallest absolute Gasteiger partial charge is 0.334 e. The first-order valence-corrected chi connectivity index (χ1v) is 3.67. The molecule has 0 radical (unpaired) electrons. The highest BCUT2D eigenvalue weighted by Gasteiger charge is 2.34. The first kappa shape index (κ1) is 8.05. The molecule has 1 aliphatic rings. The molecule has 0 aromatic carbocycles. The SMILES string of the molecule is C=CC(=O)OC=CC1(C)CC1. The van der Waals surface area contributed by atoms with Crippen LogP contribution in [0, 0.1) is 5.41 Å². The first-order valence-electron chi connectivity index (χ1n) is 3.67. The molecule has 0 aromatic rings. The van der Waals surface area contributed by atoms with E-state index < -0.39 is 5.97 Å². The number of allylic oxidation sites excluding steroid dienone is 1. The van der Waals surface area contributed by atoms with Gasteiger partial charge in [-0.2, -0.15) is 0 Å². The van der Waals surface area contributed by atoms with Crippen LogP contribution in [0.15, 0.2) is 25.0 Å². The van der Waals surface area contributed by atoms with Crippen LogP contribution in [0.4, 0.5) is 0 Å². The Kier molecular flexibility index (Phi) is 2.13. The van der Waals surface area contributed by atoms with Crippen LogP contribution >= 0.6 is 0 Å². The third-order valence-corrected chi connectivity index (χ3v) is 1.86. The number of ether oxygens (including phenoxy) is 1. The second-order valence-electron chi connectivity index (χ2n) is 3.10. The van der Waals surface area contributed by atoms with Crippen LogP contribution in [0.5, 0.6) is 0 Å². The molecule has 0 heterocycles. The highest BCUT2D eigenvalue weighted by Crippen LogP contribution is 2.46. The summed E-state index contributed by atoms with van der Waals surface area (Å²) in [5, 5.41) is 0. The van der Waals surface area contributed by atoms with Gasteiger partial charge in [-0.05, 0) is 24.3 Å². The second-order valence-corrected chi connectivity index (χ2v) is 3.10. The minimum atomic E-state index is -0.398. The number of carbonyl (C=O) groups excluding carboxylic acids is 1. The number of hydrogen-bond donors (Lipinski definition) is 0. The maximum Gasteiger partial charge on any atom is 0.334 e. The fraction of sp³-hybridized carbons (Fsp3) is 0.444. The van der Waals surface area contributed by atoms with Crippen LogP contribution < -0.4 is 0 Å². The quantitative estimate of drug-likeness (QED) is 0.351. The molecule has 2 nitrogen and oxygen atoms in total. The molecule has 1 rings (SSSR count). The van der Waals surface area contributed by atoms with Crippen molar-refractivity contribution in [1.82, 2.24) is 0 Å². The fourth-order valence-corrected chi connectivity index (χ4v) is 0.677. The van der Waals surface area contributed by atoms with Crippen molar-refractivity contribution in [2.45, 2.75) is 19.8 Å². The Morgan fingerprint density at radius 1 is 1.64 bits per heavy atom. The molecule has 1 aliphatic carbocycles. The van der Waals surface area contributed by atoms with Gasteiger partial charge in [0.15, 0.2) is 0 Å². The molecule has 0 amide bonds. The zero-order valence-electron chi connectivity index (χ0n) is 6.67. The molecule has 0 atom stereocenters. The zero-order valence-corrected chi connectivity index (χ0v) is 6.67. The van der Waals surface area contributed by atoms with Crippen molar-refractivity contribution in [3.8, 4) is 0 Å². The average molecular weight is 152 g/mol. The first-order chi connectivity index (χ1) is 5.16. The van der Waals surface area contributed by atoms with Crippen molar-refractivity contribution in [1.29, 1.82) is 0 Å². The summed E-state index contributed by atoms with van der Waals surface area (Å²) in [5.74, 6) is -0.398. The number of carbonyl (C=O) groups is 1. The lowest BCUT2D eigenvalue weighted by molar-refractivity contribution is -0.132. The molecule has 0 aromatic heterocycles. The van der Waals surface area contributed by atoms with E-state index in [9.17, 15) is 4.79 Å². The topological polar surface area (TPSA) is 26.3 Å². The van der Waals surface area contributed by atoms with Gasteiger partial charge in [0, 0.05) is 6.08 Å². The maximum absolute atomic E-state index is 10.5. The molecule has 60 valence electrons. The van der Waals surface area contributed by atoms with Gasteiger partial charge in [-0.15, -0.1) is 0 Å². The molecule has 1 fully saturated rings. The van der Waals surface area contributed by atoms with E-state index in [0.717, 1.165) is 6.08 Å². The van der Waals surface area contributed by atoms with Gasteiger partial charge in [0.2, 0.25) is 0 Å². The van der Waals surface area contributed by atoms with E-state index in [1.165, 1.54) is 19.1 Å². The van der Waals surface area contributed by atoms with E-state index in [-0.39, 0.29) is 0 Å². The average Bonchev–Trinajstić information content (AvgIpc) is 2.68. The predicted molar refractivity (Wildman–Crippen MR) is 42.8 cm³/mol. The Morgan fingerprint density at radius 2 is 2.27 bits per heavy atom. The van der Waals surface area contributed by atoms with E-state index in [1.807, 2.05) is 6.08 Å². The van der Waals surface area contributed by atoms with Crippen molar-refractivity contribution in [3.05, 3.63) is 25.0 Å². The van der Waals surface area contributed by atoms with Gasteiger partial charge in [0.05, 0.1) is 6.26 Å². The molecule has 2 heteroatoms. The minimum Gasteiger partial charge on any atom is -0.432 e. The van der Waals surface area contributed by atoms with Crippen molar-refractivity contribution in [2.24, 2.45) is 5.41 Å². The van der Waals surface area contributed by atoms with E-state index in [0.29, 0.717) is 5.41 Å². The molecule has 0 bridgehead atoms.